The molecule has 1 heterocycles. The summed E-state index contributed by atoms with van der Waals surface area (Å²) < 4.78 is 37.6. The van der Waals surface area contributed by atoms with Crippen molar-refractivity contribution < 1.29 is 23.0 Å². The fourth-order valence-corrected chi connectivity index (χ4v) is 4.47. The normalized spacial score (nSPS) is 14.9. The van der Waals surface area contributed by atoms with Crippen LogP contribution in [-0.4, -0.2) is 55.6 Å². The number of methoxy groups -OCH3 is 1. The fraction of sp³-hybridized carbons (Fsp3) is 0.276. The molecule has 3 aromatic carbocycles. The third kappa shape index (κ3) is 6.56. The first-order chi connectivity index (χ1) is 17.4. The van der Waals surface area contributed by atoms with Crippen LogP contribution in [0.2, 0.25) is 0 Å². The van der Waals surface area contributed by atoms with Crippen molar-refractivity contribution in [3.63, 3.8) is 0 Å². The van der Waals surface area contributed by atoms with E-state index in [9.17, 15) is 13.6 Å². The van der Waals surface area contributed by atoms with Crippen molar-refractivity contribution in [2.45, 2.75) is 13.0 Å². The number of nitrogens with zero attached hydrogens (tertiary/aromatic N) is 2. The third-order valence-corrected chi connectivity index (χ3v) is 6.26. The van der Waals surface area contributed by atoms with Crippen LogP contribution in [0.1, 0.15) is 29.7 Å². The molecule has 7 heteroatoms. The Morgan fingerprint density at radius 1 is 0.889 bits per heavy atom. The Bertz CT molecular complexity index is 1140. The number of rotatable bonds is 8. The summed E-state index contributed by atoms with van der Waals surface area (Å²) in [6, 6.07) is 18.5. The van der Waals surface area contributed by atoms with Gasteiger partial charge in [0.05, 0.1) is 13.2 Å². The minimum absolute atomic E-state index is 0.0629. The molecule has 0 bridgehead atoms. The molecule has 0 atom stereocenters. The lowest BCUT2D eigenvalue weighted by Crippen LogP contribution is -2.47. The maximum Gasteiger partial charge on any atom is 0.308 e. The Labute approximate surface area is 210 Å². The smallest absolute Gasteiger partial charge is 0.308 e. The summed E-state index contributed by atoms with van der Waals surface area (Å²) >= 11 is 0. The molecular formula is C29H30F2N2O3. The summed E-state index contributed by atoms with van der Waals surface area (Å²) in [5, 5.41) is 0. The lowest BCUT2D eigenvalue weighted by Gasteiger charge is -2.39. The second-order valence-corrected chi connectivity index (χ2v) is 8.75. The molecule has 0 radical (unpaired) electrons. The number of carbonyl (C=O) groups is 1. The van der Waals surface area contributed by atoms with E-state index in [4.69, 9.17) is 9.47 Å². The number of hydrogen-bond donors (Lipinski definition) is 0. The van der Waals surface area contributed by atoms with Crippen LogP contribution in [0.5, 0.6) is 11.5 Å². The van der Waals surface area contributed by atoms with Gasteiger partial charge < -0.3 is 9.47 Å². The number of ether oxygens (including phenoxy) is 2. The van der Waals surface area contributed by atoms with Gasteiger partial charge in [-0.1, -0.05) is 42.5 Å². The standard InChI is InChI=1S/C29H30F2N2O3/c1-21(34)36-27-14-5-22(20-28(27)35-2)4-3-15-32-16-18-33(19-17-32)29(23-6-10-25(30)11-7-23)24-8-12-26(31)13-9-24/h3-14,20,29H,15-19H2,1-2H3. The Morgan fingerprint density at radius 3 is 2.00 bits per heavy atom. The minimum Gasteiger partial charge on any atom is -0.493 e. The lowest BCUT2D eigenvalue weighted by molar-refractivity contribution is -0.132. The summed E-state index contributed by atoms with van der Waals surface area (Å²) in [4.78, 5) is 16.0. The molecule has 188 valence electrons. The van der Waals surface area contributed by atoms with Crippen LogP contribution in [0, 0.1) is 11.6 Å². The van der Waals surface area contributed by atoms with Crippen molar-refractivity contribution in [1.29, 1.82) is 0 Å². The first kappa shape index (κ1) is 25.5. The van der Waals surface area contributed by atoms with Crippen LogP contribution >= 0.6 is 0 Å². The minimum atomic E-state index is -0.392. The molecule has 1 saturated heterocycles. The monoisotopic (exact) mass is 492 g/mol. The zero-order valence-corrected chi connectivity index (χ0v) is 20.5. The first-order valence-electron chi connectivity index (χ1n) is 11.9. The zero-order valence-electron chi connectivity index (χ0n) is 20.5. The molecule has 0 N–H and O–H groups in total. The van der Waals surface area contributed by atoms with Crippen molar-refractivity contribution >= 4 is 12.0 Å². The quantitative estimate of drug-likeness (QED) is 0.315. The predicted molar refractivity (Wildman–Crippen MR) is 136 cm³/mol. The zero-order chi connectivity index (χ0) is 25.5. The van der Waals surface area contributed by atoms with Gasteiger partial charge in [0.15, 0.2) is 11.5 Å². The predicted octanol–water partition coefficient (Wildman–Crippen LogP) is 5.32. The Balaban J connectivity index is 1.39. The van der Waals surface area contributed by atoms with Gasteiger partial charge in [0.25, 0.3) is 0 Å². The van der Waals surface area contributed by atoms with Gasteiger partial charge in [-0.25, -0.2) is 8.78 Å². The van der Waals surface area contributed by atoms with Crippen molar-refractivity contribution in [1.82, 2.24) is 9.80 Å². The van der Waals surface area contributed by atoms with E-state index in [1.165, 1.54) is 31.2 Å². The van der Waals surface area contributed by atoms with Gasteiger partial charge in [-0.2, -0.15) is 0 Å². The van der Waals surface area contributed by atoms with Crippen LogP contribution in [0.4, 0.5) is 8.78 Å². The van der Waals surface area contributed by atoms with E-state index in [2.05, 4.69) is 15.9 Å². The van der Waals surface area contributed by atoms with Crippen LogP contribution < -0.4 is 9.47 Å². The molecule has 0 aliphatic carbocycles. The highest BCUT2D eigenvalue weighted by Gasteiger charge is 2.26. The SMILES string of the molecule is COc1cc(C=CCN2CCN(C(c3ccc(F)cc3)c3ccc(F)cc3)CC2)ccc1OC(C)=O. The van der Waals surface area contributed by atoms with Crippen molar-refractivity contribution in [3.8, 4) is 11.5 Å². The van der Waals surface area contributed by atoms with Crippen LogP contribution in [0.25, 0.3) is 6.08 Å². The largest absolute Gasteiger partial charge is 0.493 e. The van der Waals surface area contributed by atoms with E-state index >= 15 is 0 Å². The topological polar surface area (TPSA) is 42.0 Å². The molecule has 0 unspecified atom stereocenters. The molecule has 1 fully saturated rings. The van der Waals surface area contributed by atoms with E-state index < -0.39 is 5.97 Å². The van der Waals surface area contributed by atoms with Gasteiger partial charge in [0, 0.05) is 39.6 Å². The van der Waals surface area contributed by atoms with E-state index in [-0.39, 0.29) is 17.7 Å². The van der Waals surface area contributed by atoms with Gasteiger partial charge >= 0.3 is 5.97 Å². The van der Waals surface area contributed by atoms with Crippen LogP contribution in [0.3, 0.4) is 0 Å². The maximum absolute atomic E-state index is 13.5. The molecule has 0 saturated carbocycles. The van der Waals surface area contributed by atoms with E-state index in [1.807, 2.05) is 18.2 Å². The molecular weight excluding hydrogens is 462 g/mol. The highest BCUT2D eigenvalue weighted by atomic mass is 19.1. The first-order valence-corrected chi connectivity index (χ1v) is 11.9. The Morgan fingerprint density at radius 2 is 1.47 bits per heavy atom. The maximum atomic E-state index is 13.5. The summed E-state index contributed by atoms with van der Waals surface area (Å²) in [6.45, 7) is 5.56. The van der Waals surface area contributed by atoms with Gasteiger partial charge in [-0.3, -0.25) is 14.6 Å². The highest BCUT2D eigenvalue weighted by Crippen LogP contribution is 2.31. The molecule has 4 rings (SSSR count). The molecule has 0 aromatic heterocycles. The molecule has 36 heavy (non-hydrogen) atoms. The summed E-state index contributed by atoms with van der Waals surface area (Å²) in [6.07, 6.45) is 4.12. The summed E-state index contributed by atoms with van der Waals surface area (Å²) in [5.41, 5.74) is 2.93. The average molecular weight is 493 g/mol. The van der Waals surface area contributed by atoms with E-state index in [0.29, 0.717) is 11.5 Å². The second kappa shape index (κ2) is 11.9. The average Bonchev–Trinajstić information content (AvgIpc) is 2.88. The van der Waals surface area contributed by atoms with Gasteiger partial charge in [0.2, 0.25) is 0 Å². The number of halogens is 2. The number of hydrogen-bond acceptors (Lipinski definition) is 5. The summed E-state index contributed by atoms with van der Waals surface area (Å²) in [5.74, 6) is -0.0285. The van der Waals surface area contributed by atoms with Crippen LogP contribution in [0.15, 0.2) is 72.8 Å². The highest BCUT2D eigenvalue weighted by molar-refractivity contribution is 5.71. The van der Waals surface area contributed by atoms with Crippen LogP contribution in [-0.2, 0) is 4.79 Å². The molecule has 5 nitrogen and oxygen atoms in total. The van der Waals surface area contributed by atoms with Crippen molar-refractivity contribution in [2.75, 3.05) is 39.8 Å². The molecule has 0 amide bonds. The molecule has 1 aliphatic heterocycles. The molecule has 1 aliphatic rings. The number of piperazine rings is 1. The Kier molecular flexibility index (Phi) is 8.46. The lowest BCUT2D eigenvalue weighted by atomic mass is 9.96. The van der Waals surface area contributed by atoms with E-state index in [1.54, 1.807) is 37.4 Å². The number of benzene rings is 3. The van der Waals surface area contributed by atoms with Gasteiger partial charge in [0.1, 0.15) is 11.6 Å². The number of esters is 1. The van der Waals surface area contributed by atoms with E-state index in [0.717, 1.165) is 49.4 Å². The van der Waals surface area contributed by atoms with Gasteiger partial charge in [-0.15, -0.1) is 0 Å². The molecule has 0 spiro atoms. The fourth-order valence-electron chi connectivity index (χ4n) is 4.47. The number of carbonyl (C=O) groups excluding carboxylic acids is 1. The van der Waals surface area contributed by atoms with Crippen molar-refractivity contribution in [2.24, 2.45) is 0 Å². The van der Waals surface area contributed by atoms with Crippen molar-refractivity contribution in [3.05, 3.63) is 101 Å². The summed E-state index contributed by atoms with van der Waals surface area (Å²) in [7, 11) is 1.54. The van der Waals surface area contributed by atoms with Gasteiger partial charge in [-0.05, 0) is 53.1 Å². The third-order valence-electron chi connectivity index (χ3n) is 6.26. The molecule has 3 aromatic rings. The Hall–Kier alpha value is -3.55. The second-order valence-electron chi connectivity index (χ2n) is 8.75.